The summed E-state index contributed by atoms with van der Waals surface area (Å²) in [6.07, 6.45) is 1.18. The summed E-state index contributed by atoms with van der Waals surface area (Å²) in [6, 6.07) is 12.3. The summed E-state index contributed by atoms with van der Waals surface area (Å²) in [7, 11) is 0. The minimum absolute atomic E-state index is 0.0264. The molecule has 2 rings (SSSR count). The van der Waals surface area contributed by atoms with Crippen molar-refractivity contribution in [3.8, 4) is 11.8 Å². The summed E-state index contributed by atoms with van der Waals surface area (Å²) in [5.74, 6) is -0.0891. The van der Waals surface area contributed by atoms with E-state index in [0.29, 0.717) is 11.4 Å². The number of nitro benzene ring substituents is 1. The molecule has 0 spiro atoms. The Labute approximate surface area is 161 Å². The standard InChI is InChI=1S/C19H16ClN3O4/c1-12(2)27-17-5-3-4-15(10-17)22-19(24)14(11-21)8-13-9-16(23(25)26)6-7-18(13)20/h3-10,12H,1-2H3,(H,22,24)/b14-8-. The third kappa shape index (κ3) is 5.56. The van der Waals surface area contributed by atoms with Gasteiger partial charge in [0.05, 0.1) is 11.0 Å². The van der Waals surface area contributed by atoms with Crippen LogP contribution in [0.1, 0.15) is 19.4 Å². The smallest absolute Gasteiger partial charge is 0.270 e. The van der Waals surface area contributed by atoms with Gasteiger partial charge in [-0.25, -0.2) is 0 Å². The first kappa shape index (κ1) is 19.9. The molecule has 0 saturated carbocycles. The van der Waals surface area contributed by atoms with Gasteiger partial charge in [-0.3, -0.25) is 14.9 Å². The highest BCUT2D eigenvalue weighted by molar-refractivity contribution is 6.32. The molecular weight excluding hydrogens is 370 g/mol. The third-order valence-corrected chi connectivity index (χ3v) is 3.66. The number of anilines is 1. The van der Waals surface area contributed by atoms with Crippen LogP contribution in [0.3, 0.4) is 0 Å². The van der Waals surface area contributed by atoms with Crippen LogP contribution in [0.15, 0.2) is 48.0 Å². The molecule has 0 aliphatic rings. The first-order chi connectivity index (χ1) is 12.8. The number of non-ortho nitro benzene ring substituents is 1. The van der Waals surface area contributed by atoms with Crippen molar-refractivity contribution in [1.82, 2.24) is 0 Å². The molecule has 27 heavy (non-hydrogen) atoms. The molecule has 0 aliphatic heterocycles. The Morgan fingerprint density at radius 3 is 2.70 bits per heavy atom. The van der Waals surface area contributed by atoms with Crippen LogP contribution >= 0.6 is 11.6 Å². The Hall–Kier alpha value is -3.37. The zero-order valence-corrected chi connectivity index (χ0v) is 15.4. The van der Waals surface area contributed by atoms with Gasteiger partial charge in [-0.1, -0.05) is 17.7 Å². The van der Waals surface area contributed by atoms with Crippen molar-refractivity contribution in [1.29, 1.82) is 5.26 Å². The van der Waals surface area contributed by atoms with Crippen molar-refractivity contribution >= 4 is 35.0 Å². The highest BCUT2D eigenvalue weighted by Gasteiger charge is 2.14. The number of nitro groups is 1. The number of benzene rings is 2. The molecule has 8 heteroatoms. The van der Waals surface area contributed by atoms with Crippen molar-refractivity contribution in [2.45, 2.75) is 20.0 Å². The number of nitrogens with one attached hydrogen (secondary N) is 1. The monoisotopic (exact) mass is 385 g/mol. The number of rotatable bonds is 6. The summed E-state index contributed by atoms with van der Waals surface area (Å²) in [4.78, 5) is 22.7. The fraction of sp³-hybridized carbons (Fsp3) is 0.158. The van der Waals surface area contributed by atoms with Crippen molar-refractivity contribution in [2.24, 2.45) is 0 Å². The molecule has 138 valence electrons. The minimum atomic E-state index is -0.665. The molecule has 2 aromatic rings. The highest BCUT2D eigenvalue weighted by atomic mass is 35.5. The van der Waals surface area contributed by atoms with Crippen molar-refractivity contribution < 1.29 is 14.5 Å². The van der Waals surface area contributed by atoms with E-state index in [4.69, 9.17) is 16.3 Å². The Balaban J connectivity index is 2.26. The molecule has 0 atom stereocenters. The van der Waals surface area contributed by atoms with E-state index in [1.54, 1.807) is 30.3 Å². The lowest BCUT2D eigenvalue weighted by Gasteiger charge is -2.11. The molecule has 0 aromatic heterocycles. The number of hydrogen-bond acceptors (Lipinski definition) is 5. The van der Waals surface area contributed by atoms with Gasteiger partial charge in [0.2, 0.25) is 0 Å². The van der Waals surface area contributed by atoms with Crippen LogP contribution in [0.2, 0.25) is 5.02 Å². The number of ether oxygens (including phenoxy) is 1. The highest BCUT2D eigenvalue weighted by Crippen LogP contribution is 2.25. The van der Waals surface area contributed by atoms with Crippen LogP contribution in [-0.2, 0) is 4.79 Å². The van der Waals surface area contributed by atoms with E-state index in [2.05, 4.69) is 5.32 Å². The lowest BCUT2D eigenvalue weighted by Crippen LogP contribution is -2.14. The largest absolute Gasteiger partial charge is 0.491 e. The Bertz CT molecular complexity index is 948. The number of nitrogens with zero attached hydrogens (tertiary/aromatic N) is 2. The van der Waals surface area contributed by atoms with Crippen LogP contribution in [-0.4, -0.2) is 16.9 Å². The maximum Gasteiger partial charge on any atom is 0.270 e. The molecule has 1 amide bonds. The van der Waals surface area contributed by atoms with E-state index in [9.17, 15) is 20.2 Å². The summed E-state index contributed by atoms with van der Waals surface area (Å²) < 4.78 is 5.56. The number of nitriles is 1. The van der Waals surface area contributed by atoms with Crippen molar-refractivity contribution in [3.63, 3.8) is 0 Å². The van der Waals surface area contributed by atoms with Crippen LogP contribution in [0.4, 0.5) is 11.4 Å². The maximum atomic E-state index is 12.4. The molecule has 0 aliphatic carbocycles. The van der Waals surface area contributed by atoms with Crippen LogP contribution in [0.25, 0.3) is 6.08 Å². The van der Waals surface area contributed by atoms with Gasteiger partial charge in [-0.05, 0) is 38.1 Å². The fourth-order valence-corrected chi connectivity index (χ4v) is 2.35. The van der Waals surface area contributed by atoms with E-state index >= 15 is 0 Å². The average Bonchev–Trinajstić information content (AvgIpc) is 2.60. The predicted molar refractivity (Wildman–Crippen MR) is 103 cm³/mol. The van der Waals surface area contributed by atoms with Crippen LogP contribution in [0, 0.1) is 21.4 Å². The topological polar surface area (TPSA) is 105 Å². The molecule has 0 fully saturated rings. The van der Waals surface area contributed by atoms with Crippen LogP contribution < -0.4 is 10.1 Å². The lowest BCUT2D eigenvalue weighted by atomic mass is 10.1. The number of carbonyl (C=O) groups is 1. The molecule has 7 nitrogen and oxygen atoms in total. The van der Waals surface area contributed by atoms with Gasteiger partial charge in [0, 0.05) is 34.5 Å². The Morgan fingerprint density at radius 2 is 2.07 bits per heavy atom. The van der Waals surface area contributed by atoms with Gasteiger partial charge in [-0.15, -0.1) is 0 Å². The number of carbonyl (C=O) groups excluding carboxylic acids is 1. The van der Waals surface area contributed by atoms with Crippen LogP contribution in [0.5, 0.6) is 5.75 Å². The van der Waals surface area contributed by atoms with E-state index in [-0.39, 0.29) is 28.0 Å². The maximum absolute atomic E-state index is 12.4. The quantitative estimate of drug-likeness (QED) is 0.339. The number of amides is 1. The lowest BCUT2D eigenvalue weighted by molar-refractivity contribution is -0.384. The van der Waals surface area contributed by atoms with Gasteiger partial charge in [-0.2, -0.15) is 5.26 Å². The second-order valence-corrected chi connectivity index (χ2v) is 6.19. The first-order valence-electron chi connectivity index (χ1n) is 7.94. The van der Waals surface area contributed by atoms with Crippen molar-refractivity contribution in [2.75, 3.05) is 5.32 Å². The van der Waals surface area contributed by atoms with Gasteiger partial charge < -0.3 is 10.1 Å². The minimum Gasteiger partial charge on any atom is -0.491 e. The summed E-state index contributed by atoms with van der Waals surface area (Å²) >= 11 is 6.01. The second-order valence-electron chi connectivity index (χ2n) is 5.78. The average molecular weight is 386 g/mol. The van der Waals surface area contributed by atoms with E-state index in [1.165, 1.54) is 24.3 Å². The normalized spacial score (nSPS) is 11.0. The van der Waals surface area contributed by atoms with Gasteiger partial charge >= 0.3 is 0 Å². The van der Waals surface area contributed by atoms with E-state index in [1.807, 2.05) is 13.8 Å². The molecule has 0 unspecified atom stereocenters. The molecule has 0 radical (unpaired) electrons. The fourth-order valence-electron chi connectivity index (χ4n) is 2.18. The Kier molecular flexibility index (Phi) is 6.52. The molecular formula is C19H16ClN3O4. The second kappa shape index (κ2) is 8.83. The predicted octanol–water partition coefficient (Wildman–Crippen LogP) is 4.58. The van der Waals surface area contributed by atoms with Gasteiger partial charge in [0.1, 0.15) is 17.4 Å². The molecule has 1 N–H and O–H groups in total. The SMILES string of the molecule is CC(C)Oc1cccc(NC(=O)/C(C#N)=C\c2cc([N+](=O)[O-])ccc2Cl)c1. The summed E-state index contributed by atoms with van der Waals surface area (Å²) in [5, 5.41) is 23.0. The molecule has 0 saturated heterocycles. The number of halogens is 1. The van der Waals surface area contributed by atoms with E-state index < -0.39 is 10.8 Å². The van der Waals surface area contributed by atoms with Gasteiger partial charge in [0.25, 0.3) is 11.6 Å². The molecule has 2 aromatic carbocycles. The first-order valence-corrected chi connectivity index (χ1v) is 8.31. The molecule has 0 heterocycles. The number of hydrogen-bond donors (Lipinski definition) is 1. The third-order valence-electron chi connectivity index (χ3n) is 3.32. The zero-order valence-electron chi connectivity index (χ0n) is 14.6. The van der Waals surface area contributed by atoms with Gasteiger partial charge in [0.15, 0.2) is 0 Å². The summed E-state index contributed by atoms with van der Waals surface area (Å²) in [6.45, 7) is 3.76. The Morgan fingerprint density at radius 1 is 1.33 bits per heavy atom. The van der Waals surface area contributed by atoms with E-state index in [0.717, 1.165) is 0 Å². The zero-order chi connectivity index (χ0) is 20.0. The van der Waals surface area contributed by atoms with Crippen molar-refractivity contribution in [3.05, 3.63) is 68.7 Å². The summed E-state index contributed by atoms with van der Waals surface area (Å²) in [5.41, 5.74) is 0.216. The molecule has 0 bridgehead atoms.